The van der Waals surface area contributed by atoms with Gasteiger partial charge >= 0.3 is 12.1 Å². The smallest absolute Gasteiger partial charge is 0.408 e. The molecule has 2 atom stereocenters. The first-order valence-electron chi connectivity index (χ1n) is 14.9. The van der Waals surface area contributed by atoms with Crippen LogP contribution in [0, 0.1) is 0 Å². The van der Waals surface area contributed by atoms with Crippen LogP contribution in [0.25, 0.3) is 11.0 Å². The number of methoxy groups -OCH3 is 1. The Balaban J connectivity index is 1.44. The lowest BCUT2D eigenvalue weighted by Crippen LogP contribution is -2.34. The van der Waals surface area contributed by atoms with Gasteiger partial charge in [0, 0.05) is 25.4 Å². The number of alkyl carbamates (subject to hydrolysis) is 1. The average molecular weight is 617 g/mol. The van der Waals surface area contributed by atoms with Crippen molar-refractivity contribution < 1.29 is 28.6 Å². The highest BCUT2D eigenvalue weighted by Gasteiger charge is 2.23. The minimum Gasteiger partial charge on any atom is -0.483 e. The highest BCUT2D eigenvalue weighted by atomic mass is 16.5. The highest BCUT2D eigenvalue weighted by molar-refractivity contribution is 6.07. The zero-order valence-electron chi connectivity index (χ0n) is 26.1. The number of nitrogens with two attached hydrogens (primary N) is 1. The molecule has 0 radical (unpaired) electrons. The van der Waals surface area contributed by atoms with Crippen molar-refractivity contribution in [1.29, 1.82) is 0 Å². The highest BCUT2D eigenvalue weighted by Crippen LogP contribution is 2.26. The van der Waals surface area contributed by atoms with Crippen LogP contribution in [0.3, 0.4) is 0 Å². The summed E-state index contributed by atoms with van der Waals surface area (Å²) in [5.41, 5.74) is 8.69. The summed E-state index contributed by atoms with van der Waals surface area (Å²) in [6.07, 6.45) is 2.78. The molecule has 0 saturated carbocycles. The second-order valence-electron chi connectivity index (χ2n) is 10.5. The van der Waals surface area contributed by atoms with Crippen molar-refractivity contribution in [1.82, 2.24) is 19.9 Å². The number of imidazole rings is 1. The number of carbonyl (C=O) groups is 3. The van der Waals surface area contributed by atoms with E-state index in [1.165, 1.54) is 12.0 Å². The molecule has 2 amide bonds. The van der Waals surface area contributed by atoms with Crippen molar-refractivity contribution in [3.63, 3.8) is 0 Å². The summed E-state index contributed by atoms with van der Waals surface area (Å²) in [5.74, 6) is 0.957. The standard InChI is InChI=1S/C33H40N6O6/c1-5-6-9-20-44-33(42)37-30(34)23-11-14-25(15-12-23)45-22(2)31-36-26-21-24(13-16-27(26)38(31)3)32(41)39(19-17-29(40)43-4)28-10-7-8-18-35-28/h7-8,10-16,18,21-22,30H,5-6,9,17,19-20,34H2,1-4H3,(H,37,42). The van der Waals surface area contributed by atoms with Crippen molar-refractivity contribution in [2.75, 3.05) is 25.2 Å². The predicted molar refractivity (Wildman–Crippen MR) is 170 cm³/mol. The number of unbranched alkanes of at least 4 members (excludes halogenated alkanes) is 2. The number of carbonyl (C=O) groups excluding carboxylic acids is 3. The van der Waals surface area contributed by atoms with E-state index in [0.717, 1.165) is 24.8 Å². The first kappa shape index (κ1) is 32.9. The van der Waals surface area contributed by atoms with E-state index >= 15 is 0 Å². The largest absolute Gasteiger partial charge is 0.483 e. The number of esters is 1. The molecule has 0 aliphatic rings. The van der Waals surface area contributed by atoms with Crippen molar-refractivity contribution in [3.8, 4) is 5.75 Å². The zero-order valence-corrected chi connectivity index (χ0v) is 26.1. The maximum atomic E-state index is 13.6. The second-order valence-corrected chi connectivity index (χ2v) is 10.5. The van der Waals surface area contributed by atoms with E-state index in [4.69, 9.17) is 24.9 Å². The minimum absolute atomic E-state index is 0.0265. The molecule has 2 aromatic carbocycles. The molecule has 2 heterocycles. The first-order chi connectivity index (χ1) is 21.7. The van der Waals surface area contributed by atoms with E-state index in [-0.39, 0.29) is 18.9 Å². The number of ether oxygens (including phenoxy) is 3. The maximum absolute atomic E-state index is 13.6. The van der Waals surface area contributed by atoms with Crippen LogP contribution < -0.4 is 20.7 Å². The molecular formula is C33H40N6O6. The molecule has 238 valence electrons. The Bertz CT molecular complexity index is 1590. The van der Waals surface area contributed by atoms with E-state index in [9.17, 15) is 14.4 Å². The van der Waals surface area contributed by atoms with Crippen LogP contribution in [0.4, 0.5) is 10.6 Å². The van der Waals surface area contributed by atoms with Gasteiger partial charge < -0.3 is 29.8 Å². The van der Waals surface area contributed by atoms with Gasteiger partial charge in [-0.05, 0) is 61.4 Å². The zero-order chi connectivity index (χ0) is 32.3. The van der Waals surface area contributed by atoms with Gasteiger partial charge in [0.25, 0.3) is 5.91 Å². The van der Waals surface area contributed by atoms with Crippen LogP contribution in [-0.2, 0) is 21.3 Å². The van der Waals surface area contributed by atoms with Gasteiger partial charge in [-0.1, -0.05) is 38.0 Å². The number of aromatic nitrogens is 3. The molecule has 2 unspecified atom stereocenters. The van der Waals surface area contributed by atoms with Gasteiger partial charge in [0.05, 0.1) is 31.2 Å². The van der Waals surface area contributed by atoms with Gasteiger partial charge in [0.1, 0.15) is 17.7 Å². The van der Waals surface area contributed by atoms with Crippen molar-refractivity contribution in [2.24, 2.45) is 12.8 Å². The third-order valence-corrected chi connectivity index (χ3v) is 7.27. The lowest BCUT2D eigenvalue weighted by atomic mass is 10.1. The fraction of sp³-hybridized carbons (Fsp3) is 0.364. The molecule has 4 aromatic rings. The number of anilines is 1. The number of amides is 2. The fourth-order valence-corrected chi connectivity index (χ4v) is 4.79. The quantitative estimate of drug-likeness (QED) is 0.111. The van der Waals surface area contributed by atoms with Crippen molar-refractivity contribution in [3.05, 3.63) is 83.8 Å². The van der Waals surface area contributed by atoms with Crippen molar-refractivity contribution in [2.45, 2.75) is 51.8 Å². The van der Waals surface area contributed by atoms with E-state index in [0.29, 0.717) is 40.6 Å². The maximum Gasteiger partial charge on any atom is 0.408 e. The summed E-state index contributed by atoms with van der Waals surface area (Å²) >= 11 is 0. The van der Waals surface area contributed by atoms with Gasteiger partial charge in [-0.25, -0.2) is 14.8 Å². The molecule has 2 aromatic heterocycles. The molecule has 3 N–H and O–H groups in total. The SMILES string of the molecule is CCCCCOC(=O)NC(N)c1ccc(OC(C)c2nc3cc(C(=O)N(CCC(=O)OC)c4ccccn4)ccc3n2C)cc1. The van der Waals surface area contributed by atoms with Crippen LogP contribution in [0.1, 0.15) is 73.5 Å². The average Bonchev–Trinajstić information content (AvgIpc) is 3.39. The normalized spacial score (nSPS) is 12.3. The Morgan fingerprint density at radius 1 is 1.07 bits per heavy atom. The number of nitrogens with zero attached hydrogens (tertiary/aromatic N) is 4. The van der Waals surface area contributed by atoms with Crippen LogP contribution in [-0.4, -0.2) is 52.8 Å². The van der Waals surface area contributed by atoms with E-state index < -0.39 is 24.3 Å². The Kier molecular flexibility index (Phi) is 11.5. The fourth-order valence-electron chi connectivity index (χ4n) is 4.79. The van der Waals surface area contributed by atoms with Gasteiger partial charge in [-0.15, -0.1) is 0 Å². The molecule has 0 spiro atoms. The third kappa shape index (κ3) is 8.57. The summed E-state index contributed by atoms with van der Waals surface area (Å²) in [5, 5.41) is 2.64. The summed E-state index contributed by atoms with van der Waals surface area (Å²) < 4.78 is 18.0. The second kappa shape index (κ2) is 15.7. The van der Waals surface area contributed by atoms with Crippen molar-refractivity contribution >= 4 is 34.8 Å². The number of hydrogen-bond acceptors (Lipinski definition) is 9. The molecule has 0 fully saturated rings. The molecular weight excluding hydrogens is 576 g/mol. The number of hydrogen-bond donors (Lipinski definition) is 2. The summed E-state index contributed by atoms with van der Waals surface area (Å²) in [4.78, 5) is 48.0. The number of benzene rings is 2. The monoisotopic (exact) mass is 616 g/mol. The lowest BCUT2D eigenvalue weighted by Gasteiger charge is -2.21. The first-order valence-corrected chi connectivity index (χ1v) is 14.9. The summed E-state index contributed by atoms with van der Waals surface area (Å²) in [6, 6.07) is 17.7. The van der Waals surface area contributed by atoms with Crippen LogP contribution in [0.15, 0.2) is 66.9 Å². The summed E-state index contributed by atoms with van der Waals surface area (Å²) in [6.45, 7) is 4.44. The number of rotatable bonds is 14. The van der Waals surface area contributed by atoms with Gasteiger partial charge in [0.15, 0.2) is 11.9 Å². The molecule has 0 bridgehead atoms. The summed E-state index contributed by atoms with van der Waals surface area (Å²) in [7, 11) is 3.20. The number of pyridine rings is 1. The lowest BCUT2D eigenvalue weighted by molar-refractivity contribution is -0.140. The van der Waals surface area contributed by atoms with Crippen LogP contribution >= 0.6 is 0 Å². The Hall–Kier alpha value is -4.97. The Morgan fingerprint density at radius 3 is 2.53 bits per heavy atom. The molecule has 0 saturated heterocycles. The number of fused-ring (bicyclic) bond motifs is 1. The molecule has 12 nitrogen and oxygen atoms in total. The van der Waals surface area contributed by atoms with E-state index in [1.807, 2.05) is 24.6 Å². The third-order valence-electron chi connectivity index (χ3n) is 7.27. The Labute approximate surface area is 262 Å². The molecule has 4 rings (SSSR count). The predicted octanol–water partition coefficient (Wildman–Crippen LogP) is 5.19. The van der Waals surface area contributed by atoms with Gasteiger partial charge in [-0.2, -0.15) is 0 Å². The van der Waals surface area contributed by atoms with Gasteiger partial charge in [0.2, 0.25) is 0 Å². The number of aryl methyl sites for hydroxylation is 1. The Morgan fingerprint density at radius 2 is 1.84 bits per heavy atom. The molecule has 0 aliphatic carbocycles. The number of nitrogens with one attached hydrogen (secondary N) is 1. The van der Waals surface area contributed by atoms with E-state index in [2.05, 4.69) is 17.2 Å². The molecule has 45 heavy (non-hydrogen) atoms. The molecule has 12 heteroatoms. The minimum atomic E-state index is -0.721. The topological polar surface area (TPSA) is 151 Å². The van der Waals surface area contributed by atoms with E-state index in [1.54, 1.807) is 60.8 Å². The van der Waals surface area contributed by atoms with Crippen LogP contribution in [0.5, 0.6) is 5.75 Å². The van der Waals surface area contributed by atoms with Gasteiger partial charge in [-0.3, -0.25) is 14.5 Å². The molecule has 0 aliphatic heterocycles. The van der Waals surface area contributed by atoms with Crippen LogP contribution in [0.2, 0.25) is 0 Å².